The summed E-state index contributed by atoms with van der Waals surface area (Å²) in [5, 5.41) is 0. The quantitative estimate of drug-likeness (QED) is 0.725. The van der Waals surface area contributed by atoms with Crippen LogP contribution in [0.4, 0.5) is 11.5 Å². The van der Waals surface area contributed by atoms with Crippen molar-refractivity contribution in [3.8, 4) is 17.3 Å². The molecule has 0 atom stereocenters. The SMILES string of the molecule is Cc1cccc(-c2ncc3c(n2)N(c2ccncc2)CCO3)n1. The Bertz CT molecular complexity index is 837. The van der Waals surface area contributed by atoms with Crippen LogP contribution in [0, 0.1) is 6.92 Å². The zero-order valence-electron chi connectivity index (χ0n) is 12.7. The van der Waals surface area contributed by atoms with E-state index in [0.29, 0.717) is 18.2 Å². The van der Waals surface area contributed by atoms with Crippen LogP contribution in [-0.2, 0) is 0 Å². The lowest BCUT2D eigenvalue weighted by Crippen LogP contribution is -2.29. The lowest BCUT2D eigenvalue weighted by Gasteiger charge is -2.29. The van der Waals surface area contributed by atoms with Crippen molar-refractivity contribution in [2.24, 2.45) is 0 Å². The Labute approximate surface area is 133 Å². The molecule has 0 saturated heterocycles. The highest BCUT2D eigenvalue weighted by Gasteiger charge is 2.22. The minimum atomic E-state index is 0.594. The van der Waals surface area contributed by atoms with Gasteiger partial charge >= 0.3 is 0 Å². The van der Waals surface area contributed by atoms with Crippen molar-refractivity contribution in [3.63, 3.8) is 0 Å². The summed E-state index contributed by atoms with van der Waals surface area (Å²) in [6, 6.07) is 9.74. The minimum absolute atomic E-state index is 0.594. The lowest BCUT2D eigenvalue weighted by atomic mass is 10.2. The molecule has 0 radical (unpaired) electrons. The number of hydrogen-bond donors (Lipinski definition) is 0. The molecule has 0 aromatic carbocycles. The molecule has 0 aliphatic carbocycles. The molecule has 23 heavy (non-hydrogen) atoms. The summed E-state index contributed by atoms with van der Waals surface area (Å²) in [4.78, 5) is 19.8. The second kappa shape index (κ2) is 5.64. The third-order valence-corrected chi connectivity index (χ3v) is 3.66. The topological polar surface area (TPSA) is 64.0 Å². The van der Waals surface area contributed by atoms with E-state index in [1.165, 1.54) is 0 Å². The molecule has 0 saturated carbocycles. The number of fused-ring (bicyclic) bond motifs is 1. The Hall–Kier alpha value is -3.02. The molecule has 0 spiro atoms. The standard InChI is InChI=1S/C17H15N5O/c1-12-3-2-4-14(20-12)16-19-11-15-17(21-16)22(9-10-23-15)13-5-7-18-8-6-13/h2-8,11H,9-10H2,1H3. The predicted molar refractivity (Wildman–Crippen MR) is 86.7 cm³/mol. The molecule has 6 heteroatoms. The van der Waals surface area contributed by atoms with Crippen LogP contribution in [0.1, 0.15) is 5.69 Å². The highest BCUT2D eigenvalue weighted by Crippen LogP contribution is 2.35. The molecular formula is C17H15N5O. The third-order valence-electron chi connectivity index (χ3n) is 3.66. The van der Waals surface area contributed by atoms with E-state index in [2.05, 4.69) is 24.8 Å². The van der Waals surface area contributed by atoms with Crippen LogP contribution in [0.2, 0.25) is 0 Å². The van der Waals surface area contributed by atoms with E-state index in [0.717, 1.165) is 29.4 Å². The number of rotatable bonds is 2. The van der Waals surface area contributed by atoms with Gasteiger partial charge in [0, 0.05) is 23.8 Å². The van der Waals surface area contributed by atoms with E-state index >= 15 is 0 Å². The molecule has 3 aromatic heterocycles. The number of aryl methyl sites for hydroxylation is 1. The largest absolute Gasteiger partial charge is 0.486 e. The van der Waals surface area contributed by atoms with Crippen LogP contribution < -0.4 is 9.64 Å². The number of hydrogen-bond acceptors (Lipinski definition) is 6. The summed E-state index contributed by atoms with van der Waals surface area (Å²) in [5.74, 6) is 2.04. The fourth-order valence-corrected chi connectivity index (χ4v) is 2.58. The van der Waals surface area contributed by atoms with Crippen molar-refractivity contribution in [2.75, 3.05) is 18.1 Å². The first-order valence-electron chi connectivity index (χ1n) is 7.43. The van der Waals surface area contributed by atoms with Crippen molar-refractivity contribution in [2.45, 2.75) is 6.92 Å². The predicted octanol–water partition coefficient (Wildman–Crippen LogP) is 2.77. The van der Waals surface area contributed by atoms with Gasteiger partial charge in [0.2, 0.25) is 0 Å². The maximum atomic E-state index is 5.69. The van der Waals surface area contributed by atoms with Crippen LogP contribution in [-0.4, -0.2) is 33.1 Å². The molecule has 114 valence electrons. The van der Waals surface area contributed by atoms with Crippen molar-refractivity contribution < 1.29 is 4.74 Å². The highest BCUT2D eigenvalue weighted by atomic mass is 16.5. The van der Waals surface area contributed by atoms with Gasteiger partial charge in [0.05, 0.1) is 12.7 Å². The Morgan fingerprint density at radius 1 is 1.09 bits per heavy atom. The Balaban J connectivity index is 1.80. The molecule has 1 aliphatic heterocycles. The van der Waals surface area contributed by atoms with Crippen LogP contribution >= 0.6 is 0 Å². The van der Waals surface area contributed by atoms with Gasteiger partial charge < -0.3 is 9.64 Å². The number of nitrogens with zero attached hydrogens (tertiary/aromatic N) is 5. The Morgan fingerprint density at radius 2 is 1.96 bits per heavy atom. The molecule has 0 N–H and O–H groups in total. The average Bonchev–Trinajstić information content (AvgIpc) is 2.61. The first-order chi connectivity index (χ1) is 11.3. The molecule has 0 amide bonds. The smallest absolute Gasteiger partial charge is 0.180 e. The minimum Gasteiger partial charge on any atom is -0.486 e. The van der Waals surface area contributed by atoms with Gasteiger partial charge in [0.15, 0.2) is 17.4 Å². The van der Waals surface area contributed by atoms with Crippen molar-refractivity contribution in [1.29, 1.82) is 0 Å². The highest BCUT2D eigenvalue weighted by molar-refractivity contribution is 5.68. The monoisotopic (exact) mass is 305 g/mol. The summed E-state index contributed by atoms with van der Waals surface area (Å²) in [7, 11) is 0. The van der Waals surface area contributed by atoms with E-state index in [9.17, 15) is 0 Å². The summed E-state index contributed by atoms with van der Waals surface area (Å²) in [5.41, 5.74) is 2.73. The molecule has 3 aromatic rings. The fourth-order valence-electron chi connectivity index (χ4n) is 2.58. The Morgan fingerprint density at radius 3 is 2.78 bits per heavy atom. The number of aromatic nitrogens is 4. The maximum absolute atomic E-state index is 5.69. The number of ether oxygens (including phenoxy) is 1. The second-order valence-electron chi connectivity index (χ2n) is 5.25. The van der Waals surface area contributed by atoms with Gasteiger partial charge in [-0.2, -0.15) is 0 Å². The van der Waals surface area contributed by atoms with Crippen molar-refractivity contribution >= 4 is 11.5 Å². The van der Waals surface area contributed by atoms with Crippen molar-refractivity contribution in [3.05, 3.63) is 54.6 Å². The van der Waals surface area contributed by atoms with Gasteiger partial charge in [-0.15, -0.1) is 0 Å². The van der Waals surface area contributed by atoms with Crippen molar-refractivity contribution in [1.82, 2.24) is 19.9 Å². The molecule has 1 aliphatic rings. The molecule has 0 bridgehead atoms. The Kier molecular flexibility index (Phi) is 3.34. The van der Waals surface area contributed by atoms with E-state index in [4.69, 9.17) is 4.74 Å². The molecular weight excluding hydrogens is 290 g/mol. The fraction of sp³-hybridized carbons (Fsp3) is 0.176. The zero-order valence-corrected chi connectivity index (χ0v) is 12.7. The van der Waals surface area contributed by atoms with Crippen LogP contribution in [0.3, 0.4) is 0 Å². The average molecular weight is 305 g/mol. The van der Waals surface area contributed by atoms with Crippen LogP contribution in [0.25, 0.3) is 11.5 Å². The van der Waals surface area contributed by atoms with Gasteiger partial charge in [-0.25, -0.2) is 15.0 Å². The van der Waals surface area contributed by atoms with Gasteiger partial charge in [0.1, 0.15) is 12.3 Å². The van der Waals surface area contributed by atoms with Crippen LogP contribution in [0.5, 0.6) is 5.75 Å². The van der Waals surface area contributed by atoms with Gasteiger partial charge in [0.25, 0.3) is 0 Å². The molecule has 4 heterocycles. The summed E-state index contributed by atoms with van der Waals surface area (Å²) in [6.07, 6.45) is 5.26. The van der Waals surface area contributed by atoms with E-state index < -0.39 is 0 Å². The lowest BCUT2D eigenvalue weighted by molar-refractivity contribution is 0.310. The van der Waals surface area contributed by atoms with Gasteiger partial charge in [-0.3, -0.25) is 4.98 Å². The van der Waals surface area contributed by atoms with E-state index in [1.807, 2.05) is 37.3 Å². The van der Waals surface area contributed by atoms with Gasteiger partial charge in [-0.1, -0.05) is 6.07 Å². The zero-order chi connectivity index (χ0) is 15.6. The maximum Gasteiger partial charge on any atom is 0.180 e. The molecule has 4 rings (SSSR count). The molecule has 0 unspecified atom stereocenters. The van der Waals surface area contributed by atoms with E-state index in [1.54, 1.807) is 18.6 Å². The summed E-state index contributed by atoms with van der Waals surface area (Å²) >= 11 is 0. The van der Waals surface area contributed by atoms with E-state index in [-0.39, 0.29) is 0 Å². The molecule has 6 nitrogen and oxygen atoms in total. The molecule has 0 fully saturated rings. The summed E-state index contributed by atoms with van der Waals surface area (Å²) in [6.45, 7) is 3.28. The normalized spacial score (nSPS) is 13.3. The third kappa shape index (κ3) is 2.59. The first kappa shape index (κ1) is 13.6. The second-order valence-corrected chi connectivity index (χ2v) is 5.25. The van der Waals surface area contributed by atoms with Crippen LogP contribution in [0.15, 0.2) is 48.9 Å². The first-order valence-corrected chi connectivity index (χ1v) is 7.43. The number of anilines is 2. The van der Waals surface area contributed by atoms with Gasteiger partial charge in [-0.05, 0) is 31.2 Å². The summed E-state index contributed by atoms with van der Waals surface area (Å²) < 4.78 is 5.69. The number of pyridine rings is 2.